The number of hydrogen-bond acceptors (Lipinski definition) is 4. The van der Waals surface area contributed by atoms with E-state index in [2.05, 4.69) is 10.0 Å². The highest BCUT2D eigenvalue weighted by Crippen LogP contribution is 2.10. The van der Waals surface area contributed by atoms with Crippen LogP contribution < -0.4 is 10.0 Å². The maximum atomic E-state index is 11.7. The van der Waals surface area contributed by atoms with Crippen molar-refractivity contribution in [1.29, 1.82) is 0 Å². The molecule has 0 saturated carbocycles. The smallest absolute Gasteiger partial charge is 0.279 e. The van der Waals surface area contributed by atoms with Gasteiger partial charge in [-0.1, -0.05) is 6.92 Å². The fourth-order valence-corrected chi connectivity index (χ4v) is 2.77. The highest BCUT2D eigenvalue weighted by Gasteiger charge is 2.34. The Kier molecular flexibility index (Phi) is 4.47. The Morgan fingerprint density at radius 2 is 2.20 bits per heavy atom. The molecule has 7 heteroatoms. The van der Waals surface area contributed by atoms with Crippen LogP contribution in [0.1, 0.15) is 13.3 Å². The van der Waals surface area contributed by atoms with Crippen LogP contribution in [0.3, 0.4) is 0 Å². The van der Waals surface area contributed by atoms with Gasteiger partial charge in [0.05, 0.1) is 12.1 Å². The highest BCUT2D eigenvalue weighted by atomic mass is 32.2. The number of likely N-dealkylation sites (N-methyl/N-ethyl adjacent to an activating group) is 1. The standard InChI is InChI=1S/C8H19N3O3S/c1-3-4-10-15(13,14)11(2)7-5-9-6-8(7)12/h7-10,12H,3-6H2,1-2H3/t7-,8-/m1/s1. The molecular formula is C8H19N3O3S. The van der Waals surface area contributed by atoms with Gasteiger partial charge in [0.15, 0.2) is 0 Å². The van der Waals surface area contributed by atoms with Crippen LogP contribution >= 0.6 is 0 Å². The number of nitrogens with one attached hydrogen (secondary N) is 2. The minimum Gasteiger partial charge on any atom is -0.390 e. The van der Waals surface area contributed by atoms with Gasteiger partial charge in [0.25, 0.3) is 10.2 Å². The lowest BCUT2D eigenvalue weighted by Crippen LogP contribution is -2.49. The van der Waals surface area contributed by atoms with E-state index in [1.54, 1.807) is 0 Å². The van der Waals surface area contributed by atoms with E-state index in [4.69, 9.17) is 0 Å². The first kappa shape index (κ1) is 12.9. The monoisotopic (exact) mass is 237 g/mol. The molecule has 1 rings (SSSR count). The molecule has 0 spiro atoms. The first-order valence-corrected chi connectivity index (χ1v) is 6.54. The summed E-state index contributed by atoms with van der Waals surface area (Å²) in [7, 11) is -1.97. The zero-order valence-corrected chi connectivity index (χ0v) is 9.92. The largest absolute Gasteiger partial charge is 0.390 e. The van der Waals surface area contributed by atoms with Crippen molar-refractivity contribution in [3.8, 4) is 0 Å². The molecule has 2 atom stereocenters. The Labute approximate surface area is 90.8 Å². The molecule has 0 bridgehead atoms. The Bertz CT molecular complexity index is 294. The summed E-state index contributed by atoms with van der Waals surface area (Å²) in [5.41, 5.74) is 0. The number of hydrogen-bond donors (Lipinski definition) is 3. The predicted octanol–water partition coefficient (Wildman–Crippen LogP) is -1.50. The molecule has 0 aliphatic carbocycles. The molecular weight excluding hydrogens is 218 g/mol. The molecule has 1 saturated heterocycles. The van der Waals surface area contributed by atoms with Gasteiger partial charge in [-0.15, -0.1) is 0 Å². The summed E-state index contributed by atoms with van der Waals surface area (Å²) in [6, 6.07) is -0.376. The van der Waals surface area contributed by atoms with Gasteiger partial charge in [-0.2, -0.15) is 12.7 Å². The van der Waals surface area contributed by atoms with Crippen LogP contribution in [0.25, 0.3) is 0 Å². The number of rotatable bonds is 5. The van der Waals surface area contributed by atoms with Crippen molar-refractivity contribution in [1.82, 2.24) is 14.3 Å². The van der Waals surface area contributed by atoms with E-state index in [0.717, 1.165) is 6.42 Å². The lowest BCUT2D eigenvalue weighted by atomic mass is 10.2. The molecule has 1 aliphatic heterocycles. The lowest BCUT2D eigenvalue weighted by Gasteiger charge is -2.25. The number of aliphatic hydroxyl groups is 1. The van der Waals surface area contributed by atoms with E-state index >= 15 is 0 Å². The van der Waals surface area contributed by atoms with Gasteiger partial charge >= 0.3 is 0 Å². The number of nitrogens with zero attached hydrogens (tertiary/aromatic N) is 1. The number of β-amino-alcohol motifs (C(OH)–C–C–N with tert-alkyl or cyclic N) is 1. The fourth-order valence-electron chi connectivity index (χ4n) is 1.53. The van der Waals surface area contributed by atoms with Crippen LogP contribution in [-0.2, 0) is 10.2 Å². The third kappa shape index (κ3) is 3.12. The minimum absolute atomic E-state index is 0.376. The molecule has 15 heavy (non-hydrogen) atoms. The van der Waals surface area contributed by atoms with E-state index in [9.17, 15) is 13.5 Å². The maximum absolute atomic E-state index is 11.7. The SMILES string of the molecule is CCCNS(=O)(=O)N(C)[C@@H]1CNC[C@H]1O. The number of aliphatic hydroxyl groups excluding tert-OH is 1. The molecule has 0 unspecified atom stereocenters. The Hall–Kier alpha value is -0.210. The summed E-state index contributed by atoms with van der Waals surface area (Å²) in [6.45, 7) is 3.25. The summed E-state index contributed by atoms with van der Waals surface area (Å²) in [5.74, 6) is 0. The normalized spacial score (nSPS) is 27.5. The summed E-state index contributed by atoms with van der Waals surface area (Å²) in [6.07, 6.45) is 0.117. The second-order valence-corrected chi connectivity index (χ2v) is 5.52. The average molecular weight is 237 g/mol. The van der Waals surface area contributed by atoms with Crippen LogP contribution in [0, 0.1) is 0 Å². The lowest BCUT2D eigenvalue weighted by molar-refractivity contribution is 0.136. The van der Waals surface area contributed by atoms with Crippen molar-refractivity contribution < 1.29 is 13.5 Å². The van der Waals surface area contributed by atoms with Crippen LogP contribution in [0.2, 0.25) is 0 Å². The molecule has 0 aromatic heterocycles. The van der Waals surface area contributed by atoms with Gasteiger partial charge in [-0.25, -0.2) is 4.72 Å². The molecule has 3 N–H and O–H groups in total. The Morgan fingerprint density at radius 1 is 1.53 bits per heavy atom. The molecule has 90 valence electrons. The molecule has 0 radical (unpaired) electrons. The van der Waals surface area contributed by atoms with Gasteiger partial charge in [0.1, 0.15) is 0 Å². The summed E-state index contributed by atoms with van der Waals surface area (Å²) >= 11 is 0. The van der Waals surface area contributed by atoms with E-state index < -0.39 is 16.3 Å². The van der Waals surface area contributed by atoms with Crippen LogP contribution in [0.15, 0.2) is 0 Å². The first-order valence-electron chi connectivity index (χ1n) is 5.10. The quantitative estimate of drug-likeness (QED) is 0.543. The van der Waals surface area contributed by atoms with Gasteiger partial charge < -0.3 is 10.4 Å². The molecule has 0 amide bonds. The first-order chi connectivity index (χ1) is 6.99. The molecule has 0 aromatic rings. The third-order valence-corrected chi connectivity index (χ3v) is 4.13. The van der Waals surface area contributed by atoms with Crippen LogP contribution in [0.5, 0.6) is 0 Å². The Balaban J connectivity index is 2.62. The molecule has 1 aliphatic rings. The third-order valence-electron chi connectivity index (χ3n) is 2.53. The van der Waals surface area contributed by atoms with Crippen LogP contribution in [0.4, 0.5) is 0 Å². The van der Waals surface area contributed by atoms with Crippen molar-refractivity contribution in [3.05, 3.63) is 0 Å². The van der Waals surface area contributed by atoms with Crippen molar-refractivity contribution >= 4 is 10.2 Å². The predicted molar refractivity (Wildman–Crippen MR) is 57.6 cm³/mol. The molecule has 0 aromatic carbocycles. The van der Waals surface area contributed by atoms with Gasteiger partial charge in [0.2, 0.25) is 0 Å². The Morgan fingerprint density at radius 3 is 2.67 bits per heavy atom. The van der Waals surface area contributed by atoms with Gasteiger partial charge in [0, 0.05) is 26.7 Å². The van der Waals surface area contributed by atoms with E-state index in [1.165, 1.54) is 11.4 Å². The second kappa shape index (κ2) is 5.22. The van der Waals surface area contributed by atoms with Crippen molar-refractivity contribution in [2.45, 2.75) is 25.5 Å². The minimum atomic E-state index is -3.46. The highest BCUT2D eigenvalue weighted by molar-refractivity contribution is 7.87. The van der Waals surface area contributed by atoms with Gasteiger partial charge in [-0.05, 0) is 6.42 Å². The zero-order valence-electron chi connectivity index (χ0n) is 9.10. The summed E-state index contributed by atoms with van der Waals surface area (Å²) in [5, 5.41) is 12.5. The summed E-state index contributed by atoms with van der Waals surface area (Å²) < 4.78 is 27.1. The van der Waals surface area contributed by atoms with Crippen molar-refractivity contribution in [2.75, 3.05) is 26.7 Å². The topological polar surface area (TPSA) is 81.7 Å². The fraction of sp³-hybridized carbons (Fsp3) is 1.00. The van der Waals surface area contributed by atoms with E-state index in [1.807, 2.05) is 6.92 Å². The second-order valence-electron chi connectivity index (χ2n) is 3.71. The van der Waals surface area contributed by atoms with Crippen molar-refractivity contribution in [2.24, 2.45) is 0 Å². The van der Waals surface area contributed by atoms with Crippen LogP contribution in [-0.4, -0.2) is 56.7 Å². The van der Waals surface area contributed by atoms with E-state index in [-0.39, 0.29) is 6.04 Å². The van der Waals surface area contributed by atoms with Gasteiger partial charge in [-0.3, -0.25) is 0 Å². The molecule has 6 nitrogen and oxygen atoms in total. The average Bonchev–Trinajstić information content (AvgIpc) is 2.60. The zero-order chi connectivity index (χ0) is 11.5. The van der Waals surface area contributed by atoms with Crippen molar-refractivity contribution in [3.63, 3.8) is 0 Å². The maximum Gasteiger partial charge on any atom is 0.279 e. The van der Waals surface area contributed by atoms with E-state index in [0.29, 0.717) is 19.6 Å². The molecule has 1 fully saturated rings. The molecule has 1 heterocycles. The summed E-state index contributed by atoms with van der Waals surface area (Å²) in [4.78, 5) is 0.